The van der Waals surface area contributed by atoms with Gasteiger partial charge in [0.25, 0.3) is 0 Å². The Bertz CT molecular complexity index is 871. The van der Waals surface area contributed by atoms with Gasteiger partial charge >= 0.3 is 171 Å². The van der Waals surface area contributed by atoms with E-state index in [0.717, 1.165) is 20.4 Å². The number of allylic oxidation sites excluding steroid dienone is 4. The van der Waals surface area contributed by atoms with Gasteiger partial charge in [-0.1, -0.05) is 0 Å². The van der Waals surface area contributed by atoms with Crippen molar-refractivity contribution in [2.75, 3.05) is 0 Å². The Morgan fingerprint density at radius 3 is 1.68 bits per heavy atom. The molecule has 0 unspecified atom stereocenters. The minimum atomic E-state index is -3.94. The molecule has 0 radical (unpaired) electrons. The number of para-hydroxylation sites is 1. The maximum atomic E-state index is 7.18. The first-order chi connectivity index (χ1) is 13.6. The first-order valence-electron chi connectivity index (χ1n) is 10.0. The summed E-state index contributed by atoms with van der Waals surface area (Å²) in [5, 5.41) is 0. The molecule has 0 bridgehead atoms. The van der Waals surface area contributed by atoms with Gasteiger partial charge in [0.05, 0.1) is 0 Å². The van der Waals surface area contributed by atoms with Crippen molar-refractivity contribution in [2.24, 2.45) is 0 Å². The Hall–Kier alpha value is -2.18. The molecule has 0 amide bonds. The van der Waals surface area contributed by atoms with Gasteiger partial charge < -0.3 is 0 Å². The second-order valence-electron chi connectivity index (χ2n) is 8.22. The monoisotopic (exact) mass is 445 g/mol. The fourth-order valence-electron chi connectivity index (χ4n) is 4.49. The van der Waals surface area contributed by atoms with E-state index in [1.165, 1.54) is 14.4 Å². The molecule has 3 aromatic carbocycles. The van der Waals surface area contributed by atoms with Gasteiger partial charge in [0.15, 0.2) is 0 Å². The van der Waals surface area contributed by atoms with Crippen LogP contribution >= 0.6 is 0 Å². The maximum absolute atomic E-state index is 7.18. The summed E-state index contributed by atoms with van der Waals surface area (Å²) < 4.78 is 13.2. The van der Waals surface area contributed by atoms with E-state index in [2.05, 4.69) is 114 Å². The van der Waals surface area contributed by atoms with Crippen molar-refractivity contribution in [2.45, 2.75) is 19.3 Å². The number of rotatable bonds is 7. The van der Waals surface area contributed by atoms with Crippen LogP contribution < -0.4 is 2.81 Å². The molecule has 1 aliphatic rings. The van der Waals surface area contributed by atoms with E-state index in [1.807, 2.05) is 0 Å². The Kier molecular flexibility index (Phi) is 5.51. The van der Waals surface area contributed by atoms with E-state index in [4.69, 9.17) is 2.81 Å². The van der Waals surface area contributed by atoms with Crippen LogP contribution in [0.2, 0.25) is 4.63 Å². The SMILES string of the molecule is [CH3][Zr]([CH2]c1ccccc1)([CH2]c1ccccc1)([O]c1ccccc1)[C]1=CC=CC1. The Morgan fingerprint density at radius 2 is 1.21 bits per heavy atom. The molecule has 28 heavy (non-hydrogen) atoms. The third kappa shape index (κ3) is 4.13. The molecule has 1 nitrogen and oxygen atoms in total. The molecule has 1 aliphatic carbocycles. The Morgan fingerprint density at radius 1 is 0.714 bits per heavy atom. The first kappa shape index (κ1) is 19.2. The fraction of sp³-hybridized carbons (Fsp3) is 0.154. The van der Waals surface area contributed by atoms with Gasteiger partial charge in [-0.05, 0) is 0 Å². The van der Waals surface area contributed by atoms with Crippen molar-refractivity contribution in [3.05, 3.63) is 124 Å². The van der Waals surface area contributed by atoms with Crippen molar-refractivity contribution >= 4 is 0 Å². The van der Waals surface area contributed by atoms with E-state index in [0.29, 0.717) is 0 Å². The third-order valence-corrected chi connectivity index (χ3v) is 19.8. The van der Waals surface area contributed by atoms with Gasteiger partial charge in [0.1, 0.15) is 0 Å². The van der Waals surface area contributed by atoms with E-state index >= 15 is 0 Å². The minimum absolute atomic E-state index is 0.996. The average molecular weight is 447 g/mol. The van der Waals surface area contributed by atoms with Crippen LogP contribution in [0.5, 0.6) is 5.75 Å². The summed E-state index contributed by atoms with van der Waals surface area (Å²) in [7, 11) is 0. The normalized spacial score (nSPS) is 14.9. The molecule has 4 rings (SSSR count). The summed E-state index contributed by atoms with van der Waals surface area (Å²) in [5.74, 6) is 0.996. The molecular formula is C26H27OZr. The zero-order valence-corrected chi connectivity index (χ0v) is 18.9. The molecule has 141 valence electrons. The Labute approximate surface area is 170 Å². The van der Waals surface area contributed by atoms with Gasteiger partial charge in [0.2, 0.25) is 0 Å². The van der Waals surface area contributed by atoms with Crippen LogP contribution in [0.1, 0.15) is 17.5 Å². The zero-order chi connectivity index (χ0) is 19.3. The van der Waals surface area contributed by atoms with E-state index < -0.39 is 19.2 Å². The molecule has 0 aromatic heterocycles. The molecule has 0 fully saturated rings. The van der Waals surface area contributed by atoms with Gasteiger partial charge in [-0.15, -0.1) is 0 Å². The van der Waals surface area contributed by atoms with Crippen LogP contribution in [0.4, 0.5) is 0 Å². The summed E-state index contributed by atoms with van der Waals surface area (Å²) in [4.78, 5) is 0. The predicted octanol–water partition coefficient (Wildman–Crippen LogP) is 6.96. The molecule has 0 saturated carbocycles. The summed E-state index contributed by atoms with van der Waals surface area (Å²) in [6.45, 7) is 0. The van der Waals surface area contributed by atoms with Crippen LogP contribution in [-0.2, 0) is 27.5 Å². The van der Waals surface area contributed by atoms with E-state index in [9.17, 15) is 0 Å². The van der Waals surface area contributed by atoms with Crippen LogP contribution in [-0.4, -0.2) is 0 Å². The molecule has 0 atom stereocenters. The number of hydrogen-bond donors (Lipinski definition) is 0. The summed E-state index contributed by atoms with van der Waals surface area (Å²) in [5.41, 5.74) is 2.74. The topological polar surface area (TPSA) is 9.23 Å². The van der Waals surface area contributed by atoms with Gasteiger partial charge in [-0.2, -0.15) is 0 Å². The molecule has 3 aromatic rings. The molecule has 0 saturated heterocycles. The number of hydrogen-bond acceptors (Lipinski definition) is 1. The van der Waals surface area contributed by atoms with Crippen molar-refractivity contribution in [3.63, 3.8) is 0 Å². The van der Waals surface area contributed by atoms with Crippen molar-refractivity contribution < 1.29 is 22.0 Å². The van der Waals surface area contributed by atoms with Gasteiger partial charge in [0, 0.05) is 0 Å². The molecule has 2 heteroatoms. The van der Waals surface area contributed by atoms with Crippen LogP contribution in [0.3, 0.4) is 0 Å². The zero-order valence-electron chi connectivity index (χ0n) is 16.4. The molecule has 0 heterocycles. The Balaban J connectivity index is 1.85. The second kappa shape index (κ2) is 8.05. The summed E-state index contributed by atoms with van der Waals surface area (Å²) in [6.07, 6.45) is 7.82. The predicted molar refractivity (Wildman–Crippen MR) is 115 cm³/mol. The molecular weight excluding hydrogens is 420 g/mol. The van der Waals surface area contributed by atoms with E-state index in [1.54, 1.807) is 0 Å². The fourth-order valence-corrected chi connectivity index (χ4v) is 18.1. The molecule has 0 N–H and O–H groups in total. The van der Waals surface area contributed by atoms with Crippen molar-refractivity contribution in [1.82, 2.24) is 0 Å². The summed E-state index contributed by atoms with van der Waals surface area (Å²) in [6, 6.07) is 32.2. The van der Waals surface area contributed by atoms with Crippen LogP contribution in [0.15, 0.2) is 113 Å². The third-order valence-electron chi connectivity index (χ3n) is 5.85. The van der Waals surface area contributed by atoms with Crippen LogP contribution in [0.25, 0.3) is 0 Å². The summed E-state index contributed by atoms with van der Waals surface area (Å²) >= 11 is -3.94. The quantitative estimate of drug-likeness (QED) is 0.381. The van der Waals surface area contributed by atoms with Gasteiger partial charge in [-0.25, -0.2) is 0 Å². The van der Waals surface area contributed by atoms with E-state index in [-0.39, 0.29) is 0 Å². The first-order valence-corrected chi connectivity index (χ1v) is 18.2. The second-order valence-corrected chi connectivity index (χ2v) is 22.6. The molecule has 0 aliphatic heterocycles. The number of benzene rings is 3. The van der Waals surface area contributed by atoms with Gasteiger partial charge in [-0.3, -0.25) is 0 Å². The van der Waals surface area contributed by atoms with Crippen molar-refractivity contribution in [1.29, 1.82) is 0 Å². The van der Waals surface area contributed by atoms with Crippen LogP contribution in [0, 0.1) is 0 Å². The standard InChI is InChI=1S/2C7H7.C6H6O.C5H5.CH3.Zr/c2*1-7-5-3-2-4-6-7;7-6-4-2-1-3-5-6;1-2-4-5-3-1;;/h2*2-6H,1H2;1-5,7H;1-3H,4H2;1H3;/q;;;;;+1/p-1. The molecule has 0 spiro atoms. The van der Waals surface area contributed by atoms with Crippen molar-refractivity contribution in [3.8, 4) is 5.75 Å². The average Bonchev–Trinajstić information content (AvgIpc) is 3.26.